The molecule has 1 unspecified atom stereocenters. The van der Waals surface area contributed by atoms with Crippen LogP contribution in [-0.2, 0) is 16.8 Å². The Hall–Kier alpha value is -1.85. The van der Waals surface area contributed by atoms with Crippen molar-refractivity contribution in [2.45, 2.75) is 18.9 Å². The van der Waals surface area contributed by atoms with Gasteiger partial charge >= 0.3 is 0 Å². The minimum atomic E-state index is -1.05. The number of thiophene rings is 1. The molecule has 2 aromatic rings. The van der Waals surface area contributed by atoms with Gasteiger partial charge in [-0.3, -0.25) is 4.79 Å². The number of nitrogens with one attached hydrogen (secondary N) is 1. The van der Waals surface area contributed by atoms with Gasteiger partial charge in [0, 0.05) is 0 Å². The molecule has 1 aromatic carbocycles. The number of hydrogen-bond donors (Lipinski definition) is 2. The smallest absolute Gasteiger partial charge is 0.224 e. The normalized spacial score (nSPS) is 13.5. The number of carbonyl (C=O) groups excluding carboxylic acids is 1. The van der Waals surface area contributed by atoms with Crippen LogP contribution in [0.3, 0.4) is 0 Å². The molecular formula is C16H19NO3S. The highest BCUT2D eigenvalue weighted by atomic mass is 32.1. The van der Waals surface area contributed by atoms with Crippen molar-refractivity contribution in [2.75, 3.05) is 13.7 Å². The first-order chi connectivity index (χ1) is 10.0. The lowest BCUT2D eigenvalue weighted by atomic mass is 9.99. The zero-order valence-electron chi connectivity index (χ0n) is 12.1. The van der Waals surface area contributed by atoms with E-state index in [0.717, 1.165) is 16.9 Å². The Bertz CT molecular complexity index is 576. The van der Waals surface area contributed by atoms with Crippen LogP contribution in [-0.4, -0.2) is 24.7 Å². The number of carbonyl (C=O) groups is 1. The second-order valence-corrected chi connectivity index (χ2v) is 5.87. The maximum Gasteiger partial charge on any atom is 0.224 e. The summed E-state index contributed by atoms with van der Waals surface area (Å²) in [6, 6.07) is 9.22. The number of hydrogen-bond acceptors (Lipinski definition) is 4. The number of rotatable bonds is 6. The highest BCUT2D eigenvalue weighted by molar-refractivity contribution is 7.08. The highest BCUT2D eigenvalue weighted by Crippen LogP contribution is 2.22. The summed E-state index contributed by atoms with van der Waals surface area (Å²) in [5.41, 5.74) is 0.677. The van der Waals surface area contributed by atoms with Crippen LogP contribution in [0.1, 0.15) is 18.1 Å². The summed E-state index contributed by atoms with van der Waals surface area (Å²) in [5.74, 6) is 0.648. The average molecular weight is 305 g/mol. The number of aliphatic hydroxyl groups is 1. The Labute approximate surface area is 128 Å². The van der Waals surface area contributed by atoms with E-state index < -0.39 is 5.60 Å². The summed E-state index contributed by atoms with van der Waals surface area (Å²) in [4.78, 5) is 11.9. The van der Waals surface area contributed by atoms with E-state index in [0.29, 0.717) is 0 Å². The van der Waals surface area contributed by atoms with Crippen LogP contribution in [0.25, 0.3) is 0 Å². The first-order valence-corrected chi connectivity index (χ1v) is 7.60. The molecule has 2 rings (SSSR count). The first kappa shape index (κ1) is 15.5. The Morgan fingerprint density at radius 1 is 1.33 bits per heavy atom. The van der Waals surface area contributed by atoms with Crippen molar-refractivity contribution in [3.05, 3.63) is 52.2 Å². The molecule has 1 heterocycles. The van der Waals surface area contributed by atoms with Crippen molar-refractivity contribution in [1.82, 2.24) is 5.32 Å². The topological polar surface area (TPSA) is 58.6 Å². The van der Waals surface area contributed by atoms with Crippen LogP contribution >= 0.6 is 11.3 Å². The fourth-order valence-corrected chi connectivity index (χ4v) is 2.72. The van der Waals surface area contributed by atoms with Crippen LogP contribution in [0.2, 0.25) is 0 Å². The van der Waals surface area contributed by atoms with Crippen LogP contribution in [0.4, 0.5) is 0 Å². The van der Waals surface area contributed by atoms with Crippen molar-refractivity contribution in [3.63, 3.8) is 0 Å². The molecule has 0 fully saturated rings. The third-order valence-electron chi connectivity index (χ3n) is 3.30. The van der Waals surface area contributed by atoms with E-state index in [9.17, 15) is 9.90 Å². The summed E-state index contributed by atoms with van der Waals surface area (Å²) < 4.78 is 5.08. The maximum atomic E-state index is 11.9. The van der Waals surface area contributed by atoms with Gasteiger partial charge < -0.3 is 15.2 Å². The van der Waals surface area contributed by atoms with Crippen molar-refractivity contribution in [3.8, 4) is 5.75 Å². The van der Waals surface area contributed by atoms with Gasteiger partial charge in [-0.05, 0) is 47.0 Å². The molecule has 2 N–H and O–H groups in total. The van der Waals surface area contributed by atoms with Gasteiger partial charge in [-0.2, -0.15) is 11.3 Å². The van der Waals surface area contributed by atoms with Crippen molar-refractivity contribution in [1.29, 1.82) is 0 Å². The van der Waals surface area contributed by atoms with E-state index >= 15 is 0 Å². The van der Waals surface area contributed by atoms with E-state index in [2.05, 4.69) is 5.32 Å². The van der Waals surface area contributed by atoms with Crippen molar-refractivity contribution in [2.24, 2.45) is 0 Å². The number of amides is 1. The second-order valence-electron chi connectivity index (χ2n) is 5.09. The molecule has 0 bridgehead atoms. The molecule has 4 nitrogen and oxygen atoms in total. The van der Waals surface area contributed by atoms with E-state index in [-0.39, 0.29) is 18.9 Å². The fraction of sp³-hybridized carbons (Fsp3) is 0.312. The average Bonchev–Trinajstić information content (AvgIpc) is 3.01. The van der Waals surface area contributed by atoms with Crippen LogP contribution < -0.4 is 10.1 Å². The van der Waals surface area contributed by atoms with Crippen molar-refractivity contribution < 1.29 is 14.6 Å². The highest BCUT2D eigenvalue weighted by Gasteiger charge is 2.24. The van der Waals surface area contributed by atoms with Crippen LogP contribution in [0, 0.1) is 0 Å². The van der Waals surface area contributed by atoms with E-state index in [1.54, 1.807) is 14.0 Å². The molecule has 0 aliphatic heterocycles. The molecule has 0 aliphatic carbocycles. The minimum absolute atomic E-state index is 0.115. The van der Waals surface area contributed by atoms with Gasteiger partial charge in [0.15, 0.2) is 0 Å². The molecule has 0 spiro atoms. The number of benzene rings is 1. The Balaban J connectivity index is 1.87. The van der Waals surface area contributed by atoms with E-state index in [4.69, 9.17) is 4.74 Å². The van der Waals surface area contributed by atoms with Gasteiger partial charge in [0.1, 0.15) is 11.4 Å². The van der Waals surface area contributed by atoms with E-state index in [1.165, 1.54) is 11.3 Å². The lowest BCUT2D eigenvalue weighted by Gasteiger charge is -2.22. The van der Waals surface area contributed by atoms with Crippen molar-refractivity contribution >= 4 is 17.2 Å². The molecule has 0 saturated heterocycles. The lowest BCUT2D eigenvalue weighted by Crippen LogP contribution is -2.39. The molecule has 0 aliphatic rings. The minimum Gasteiger partial charge on any atom is -0.497 e. The zero-order valence-corrected chi connectivity index (χ0v) is 12.9. The SMILES string of the molecule is COc1ccc(CC(=O)NCC(C)(O)c2ccsc2)cc1. The molecular weight excluding hydrogens is 286 g/mol. The predicted octanol–water partition coefficient (Wildman–Crippen LogP) is 2.32. The van der Waals surface area contributed by atoms with Gasteiger partial charge in [0.2, 0.25) is 5.91 Å². The molecule has 1 amide bonds. The largest absolute Gasteiger partial charge is 0.497 e. The van der Waals surface area contributed by atoms with Gasteiger partial charge in [0.05, 0.1) is 20.1 Å². The molecule has 1 atom stereocenters. The summed E-state index contributed by atoms with van der Waals surface area (Å²) in [5, 5.41) is 16.9. The molecule has 112 valence electrons. The third-order valence-corrected chi connectivity index (χ3v) is 3.98. The fourth-order valence-electron chi connectivity index (χ4n) is 1.93. The second kappa shape index (κ2) is 6.74. The summed E-state index contributed by atoms with van der Waals surface area (Å²) in [6.07, 6.45) is 0.281. The van der Waals surface area contributed by atoms with Gasteiger partial charge in [0.25, 0.3) is 0 Å². The number of ether oxygens (including phenoxy) is 1. The molecule has 0 saturated carbocycles. The lowest BCUT2D eigenvalue weighted by molar-refractivity contribution is -0.121. The third kappa shape index (κ3) is 4.31. The summed E-state index contributed by atoms with van der Waals surface area (Å²) >= 11 is 1.52. The summed E-state index contributed by atoms with van der Waals surface area (Å²) in [6.45, 7) is 1.89. The Morgan fingerprint density at radius 2 is 2.05 bits per heavy atom. The standard InChI is InChI=1S/C16H19NO3S/c1-16(19,13-7-8-21-10-13)11-17-15(18)9-12-3-5-14(20-2)6-4-12/h3-8,10,19H,9,11H2,1-2H3,(H,17,18). The van der Waals surface area contributed by atoms with E-state index in [1.807, 2.05) is 41.1 Å². The predicted molar refractivity (Wildman–Crippen MR) is 83.6 cm³/mol. The zero-order chi connectivity index (χ0) is 15.3. The molecule has 1 aromatic heterocycles. The maximum absolute atomic E-state index is 11.9. The van der Waals surface area contributed by atoms with Gasteiger partial charge in [-0.1, -0.05) is 12.1 Å². The monoisotopic (exact) mass is 305 g/mol. The molecule has 5 heteroatoms. The number of methoxy groups -OCH3 is 1. The van der Waals surface area contributed by atoms with Gasteiger partial charge in [-0.15, -0.1) is 0 Å². The van der Waals surface area contributed by atoms with Gasteiger partial charge in [-0.25, -0.2) is 0 Å². The summed E-state index contributed by atoms with van der Waals surface area (Å²) in [7, 11) is 1.61. The molecule has 0 radical (unpaired) electrons. The Kier molecular flexibility index (Phi) is 4.98. The quantitative estimate of drug-likeness (QED) is 0.861. The first-order valence-electron chi connectivity index (χ1n) is 6.66. The Morgan fingerprint density at radius 3 is 2.62 bits per heavy atom. The van der Waals surface area contributed by atoms with Crippen LogP contribution in [0.5, 0.6) is 5.75 Å². The molecule has 21 heavy (non-hydrogen) atoms. The van der Waals surface area contributed by atoms with Crippen LogP contribution in [0.15, 0.2) is 41.1 Å².